The summed E-state index contributed by atoms with van der Waals surface area (Å²) in [6.07, 6.45) is 7.04. The number of benzene rings is 1. The summed E-state index contributed by atoms with van der Waals surface area (Å²) in [7, 11) is 1.80. The predicted molar refractivity (Wildman–Crippen MR) is 120 cm³/mol. The van der Waals surface area contributed by atoms with Crippen LogP contribution in [0.4, 0.5) is 0 Å². The van der Waals surface area contributed by atoms with Crippen LogP contribution in [0.5, 0.6) is 5.88 Å². The van der Waals surface area contributed by atoms with Gasteiger partial charge < -0.3 is 15.4 Å². The van der Waals surface area contributed by atoms with Gasteiger partial charge in [-0.05, 0) is 67.4 Å². The van der Waals surface area contributed by atoms with E-state index in [1.165, 1.54) is 49.9 Å². The Hall–Kier alpha value is -2.60. The number of pyridine rings is 1. The van der Waals surface area contributed by atoms with E-state index in [0.717, 1.165) is 37.1 Å². The number of hydrogen-bond donors (Lipinski definition) is 2. The highest BCUT2D eigenvalue weighted by Gasteiger charge is 2.22. The molecular weight excluding hydrogens is 374 g/mol. The number of aliphatic imine (C=N–C) groups is 1. The Labute approximate surface area is 179 Å². The Balaban J connectivity index is 1.21. The highest BCUT2D eigenvalue weighted by Crippen LogP contribution is 2.29. The fourth-order valence-corrected chi connectivity index (χ4v) is 3.68. The Kier molecular flexibility index (Phi) is 7.19. The predicted octanol–water partition coefficient (Wildman–Crippen LogP) is 3.33. The van der Waals surface area contributed by atoms with Gasteiger partial charge in [0.25, 0.3) is 0 Å². The Morgan fingerprint density at radius 3 is 2.43 bits per heavy atom. The van der Waals surface area contributed by atoms with Crippen LogP contribution in [0.1, 0.15) is 42.4 Å². The Morgan fingerprint density at radius 2 is 1.73 bits per heavy atom. The van der Waals surface area contributed by atoms with Crippen molar-refractivity contribution in [2.45, 2.75) is 45.3 Å². The SMILES string of the molecule is CN=C(NCc1ccc(CN2CCCC2)cc1)NCc1ccnc(OCC2CC2)c1. The van der Waals surface area contributed by atoms with Gasteiger partial charge >= 0.3 is 0 Å². The maximum absolute atomic E-state index is 5.77. The molecule has 0 radical (unpaired) electrons. The molecule has 1 aromatic heterocycles. The number of rotatable bonds is 9. The summed E-state index contributed by atoms with van der Waals surface area (Å²) >= 11 is 0. The zero-order valence-electron chi connectivity index (χ0n) is 17.9. The molecule has 0 atom stereocenters. The zero-order valence-corrected chi connectivity index (χ0v) is 17.9. The molecule has 1 aliphatic carbocycles. The standard InChI is InChI=1S/C24H33N5O/c1-25-24(28-16-22-10-11-26-23(14-22)30-18-21-8-9-21)27-15-19-4-6-20(7-5-19)17-29-12-2-3-13-29/h4-7,10-11,14,21H,2-3,8-9,12-13,15-18H2,1H3,(H2,25,27,28). The largest absolute Gasteiger partial charge is 0.477 e. The smallest absolute Gasteiger partial charge is 0.213 e. The molecule has 30 heavy (non-hydrogen) atoms. The maximum Gasteiger partial charge on any atom is 0.213 e. The van der Waals surface area contributed by atoms with Crippen molar-refractivity contribution >= 4 is 5.96 Å². The molecule has 4 rings (SSSR count). The molecule has 6 nitrogen and oxygen atoms in total. The van der Waals surface area contributed by atoms with E-state index in [1.54, 1.807) is 13.2 Å². The van der Waals surface area contributed by atoms with Gasteiger partial charge in [-0.15, -0.1) is 0 Å². The molecule has 2 fully saturated rings. The van der Waals surface area contributed by atoms with Crippen molar-refractivity contribution in [2.75, 3.05) is 26.7 Å². The number of likely N-dealkylation sites (tertiary alicyclic amines) is 1. The summed E-state index contributed by atoms with van der Waals surface area (Å²) < 4.78 is 5.77. The van der Waals surface area contributed by atoms with Crippen LogP contribution in [0.25, 0.3) is 0 Å². The third-order valence-corrected chi connectivity index (χ3v) is 5.73. The van der Waals surface area contributed by atoms with E-state index < -0.39 is 0 Å². The van der Waals surface area contributed by atoms with Crippen LogP contribution in [0.3, 0.4) is 0 Å². The first-order valence-corrected chi connectivity index (χ1v) is 11.1. The number of nitrogens with one attached hydrogen (secondary N) is 2. The molecule has 2 heterocycles. The lowest BCUT2D eigenvalue weighted by atomic mass is 10.1. The normalized spacial score (nSPS) is 17.2. The molecular formula is C24H33N5O. The fraction of sp³-hybridized carbons (Fsp3) is 0.500. The van der Waals surface area contributed by atoms with Crippen molar-refractivity contribution in [1.82, 2.24) is 20.5 Å². The van der Waals surface area contributed by atoms with Crippen LogP contribution in [-0.2, 0) is 19.6 Å². The summed E-state index contributed by atoms with van der Waals surface area (Å²) in [5.41, 5.74) is 3.77. The summed E-state index contributed by atoms with van der Waals surface area (Å²) in [5.74, 6) is 2.22. The van der Waals surface area contributed by atoms with Gasteiger partial charge in [0, 0.05) is 38.9 Å². The fourth-order valence-electron chi connectivity index (χ4n) is 3.68. The van der Waals surface area contributed by atoms with Crippen LogP contribution >= 0.6 is 0 Å². The van der Waals surface area contributed by atoms with Gasteiger partial charge in [0.1, 0.15) is 0 Å². The van der Waals surface area contributed by atoms with Gasteiger partial charge in [-0.3, -0.25) is 9.89 Å². The van der Waals surface area contributed by atoms with Gasteiger partial charge in [0.2, 0.25) is 5.88 Å². The Bertz CT molecular complexity index is 826. The average molecular weight is 408 g/mol. The van der Waals surface area contributed by atoms with Crippen molar-refractivity contribution in [1.29, 1.82) is 0 Å². The van der Waals surface area contributed by atoms with E-state index in [0.29, 0.717) is 12.4 Å². The van der Waals surface area contributed by atoms with Crippen LogP contribution in [0, 0.1) is 5.92 Å². The van der Waals surface area contributed by atoms with Crippen molar-refractivity contribution < 1.29 is 4.74 Å². The monoisotopic (exact) mass is 407 g/mol. The summed E-state index contributed by atoms with van der Waals surface area (Å²) in [6.45, 7) is 5.74. The van der Waals surface area contributed by atoms with Gasteiger partial charge in [-0.2, -0.15) is 0 Å². The second-order valence-electron chi connectivity index (χ2n) is 8.34. The molecule has 0 unspecified atom stereocenters. The van der Waals surface area contributed by atoms with E-state index in [4.69, 9.17) is 4.74 Å². The van der Waals surface area contributed by atoms with Crippen molar-refractivity contribution in [3.63, 3.8) is 0 Å². The second-order valence-corrected chi connectivity index (χ2v) is 8.34. The highest BCUT2D eigenvalue weighted by molar-refractivity contribution is 5.79. The maximum atomic E-state index is 5.77. The molecule has 1 aromatic carbocycles. The number of guanidine groups is 1. The van der Waals surface area contributed by atoms with Gasteiger partial charge in [-0.25, -0.2) is 4.98 Å². The van der Waals surface area contributed by atoms with E-state index in [-0.39, 0.29) is 0 Å². The molecule has 160 valence electrons. The van der Waals surface area contributed by atoms with E-state index in [1.807, 2.05) is 12.1 Å². The van der Waals surface area contributed by atoms with E-state index >= 15 is 0 Å². The average Bonchev–Trinajstić information content (AvgIpc) is 3.48. The van der Waals surface area contributed by atoms with Crippen LogP contribution in [-0.4, -0.2) is 42.6 Å². The number of hydrogen-bond acceptors (Lipinski definition) is 4. The first-order chi connectivity index (χ1) is 14.8. The topological polar surface area (TPSA) is 61.8 Å². The minimum atomic E-state index is 0.677. The second kappa shape index (κ2) is 10.4. The lowest BCUT2D eigenvalue weighted by Crippen LogP contribution is -2.36. The van der Waals surface area contributed by atoms with Gasteiger partial charge in [0.05, 0.1) is 6.61 Å². The van der Waals surface area contributed by atoms with Crippen LogP contribution < -0.4 is 15.4 Å². The van der Waals surface area contributed by atoms with Crippen molar-refractivity contribution in [3.05, 3.63) is 59.3 Å². The third-order valence-electron chi connectivity index (χ3n) is 5.73. The molecule has 1 saturated heterocycles. The summed E-state index contributed by atoms with van der Waals surface area (Å²) in [6, 6.07) is 12.9. The molecule has 6 heteroatoms. The number of aromatic nitrogens is 1. The zero-order chi connectivity index (χ0) is 20.6. The highest BCUT2D eigenvalue weighted by atomic mass is 16.5. The quantitative estimate of drug-likeness (QED) is 0.493. The van der Waals surface area contributed by atoms with Crippen molar-refractivity contribution in [2.24, 2.45) is 10.9 Å². The van der Waals surface area contributed by atoms with E-state index in [2.05, 4.69) is 49.8 Å². The molecule has 2 aromatic rings. The molecule has 0 bridgehead atoms. The van der Waals surface area contributed by atoms with E-state index in [9.17, 15) is 0 Å². The molecule has 1 saturated carbocycles. The summed E-state index contributed by atoms with van der Waals surface area (Å²) in [4.78, 5) is 11.2. The minimum absolute atomic E-state index is 0.677. The van der Waals surface area contributed by atoms with Crippen LogP contribution in [0.15, 0.2) is 47.6 Å². The first-order valence-electron chi connectivity index (χ1n) is 11.1. The lowest BCUT2D eigenvalue weighted by molar-refractivity contribution is 0.288. The number of nitrogens with zero attached hydrogens (tertiary/aromatic N) is 3. The molecule has 2 aliphatic rings. The first kappa shape index (κ1) is 20.7. The molecule has 2 N–H and O–H groups in total. The molecule has 0 spiro atoms. The molecule has 0 amide bonds. The summed E-state index contributed by atoms with van der Waals surface area (Å²) in [5, 5.41) is 6.76. The Morgan fingerprint density at radius 1 is 1.03 bits per heavy atom. The van der Waals surface area contributed by atoms with Gasteiger partial charge in [-0.1, -0.05) is 24.3 Å². The third kappa shape index (κ3) is 6.46. The molecule has 1 aliphatic heterocycles. The lowest BCUT2D eigenvalue weighted by Gasteiger charge is -2.15. The number of ether oxygens (including phenoxy) is 1. The van der Waals surface area contributed by atoms with Crippen molar-refractivity contribution in [3.8, 4) is 5.88 Å². The minimum Gasteiger partial charge on any atom is -0.477 e. The van der Waals surface area contributed by atoms with Gasteiger partial charge in [0.15, 0.2) is 5.96 Å². The van der Waals surface area contributed by atoms with Crippen LogP contribution in [0.2, 0.25) is 0 Å².